The van der Waals surface area contributed by atoms with Gasteiger partial charge >= 0.3 is 0 Å². The summed E-state index contributed by atoms with van der Waals surface area (Å²) in [7, 11) is 0. The molecule has 1 amide bonds. The number of rotatable bonds is 6. The number of carbonyl (C=O) groups is 1. The molecule has 1 saturated heterocycles. The van der Waals surface area contributed by atoms with Crippen molar-refractivity contribution in [3.05, 3.63) is 58.9 Å². The summed E-state index contributed by atoms with van der Waals surface area (Å²) in [5.41, 5.74) is 3.15. The number of aromatic nitrogens is 3. The molecule has 7 heteroatoms. The summed E-state index contributed by atoms with van der Waals surface area (Å²) in [5, 5.41) is 9.63. The van der Waals surface area contributed by atoms with Gasteiger partial charge in [-0.25, -0.2) is 9.67 Å². The first kappa shape index (κ1) is 18.9. The van der Waals surface area contributed by atoms with Gasteiger partial charge in [0, 0.05) is 49.1 Å². The van der Waals surface area contributed by atoms with E-state index < -0.39 is 0 Å². The number of amides is 1. The Hall–Kier alpha value is -2.44. The number of benzene rings is 1. The molecule has 0 bridgehead atoms. The number of carbonyl (C=O) groups excluding carboxylic acids is 1. The molecule has 1 aromatic carbocycles. The van der Waals surface area contributed by atoms with Gasteiger partial charge < -0.3 is 5.32 Å². The zero-order valence-corrected chi connectivity index (χ0v) is 16.7. The minimum atomic E-state index is -0.0318. The van der Waals surface area contributed by atoms with E-state index in [0.29, 0.717) is 19.0 Å². The first-order valence-electron chi connectivity index (χ1n) is 9.63. The lowest BCUT2D eigenvalue weighted by Crippen LogP contribution is -2.25. The van der Waals surface area contributed by atoms with Gasteiger partial charge in [0.1, 0.15) is 0 Å². The molecule has 2 aromatic heterocycles. The van der Waals surface area contributed by atoms with Crippen LogP contribution in [0.1, 0.15) is 30.5 Å². The monoisotopic (exact) mass is 397 g/mol. The van der Waals surface area contributed by atoms with Crippen molar-refractivity contribution in [2.24, 2.45) is 0 Å². The minimum Gasteiger partial charge on any atom is -0.354 e. The summed E-state index contributed by atoms with van der Waals surface area (Å²) in [6, 6.07) is 12.1. The zero-order chi connectivity index (χ0) is 19.5. The molecule has 1 aliphatic heterocycles. The molecule has 3 aromatic rings. The van der Waals surface area contributed by atoms with Crippen molar-refractivity contribution >= 4 is 28.5 Å². The molecular formula is C21H24ClN5O. The van der Waals surface area contributed by atoms with Gasteiger partial charge in [0.25, 0.3) is 0 Å². The molecule has 1 N–H and O–H groups in total. The lowest BCUT2D eigenvalue weighted by molar-refractivity contribution is -0.118. The van der Waals surface area contributed by atoms with Crippen LogP contribution in [-0.4, -0.2) is 45.2 Å². The standard InChI is InChI=1S/C21H24ClN5O/c1-15(28)23-10-12-27-21-18(6-4-9-24-21)20(25-27)17-8-11-26(14-17)13-16-5-2-3-7-19(16)22/h2-7,9,17H,8,10-14H2,1H3,(H,23,28). The number of nitrogens with one attached hydrogen (secondary N) is 1. The quantitative estimate of drug-likeness (QED) is 0.693. The van der Waals surface area contributed by atoms with Gasteiger partial charge in [-0.1, -0.05) is 29.8 Å². The first-order valence-corrected chi connectivity index (χ1v) is 10.0. The van der Waals surface area contributed by atoms with E-state index in [1.54, 1.807) is 6.20 Å². The van der Waals surface area contributed by atoms with Crippen LogP contribution in [0.3, 0.4) is 0 Å². The average Bonchev–Trinajstić information content (AvgIpc) is 3.28. The first-order chi connectivity index (χ1) is 13.6. The number of nitrogens with zero attached hydrogens (tertiary/aromatic N) is 4. The Labute approximate surface area is 169 Å². The average molecular weight is 398 g/mol. The fraction of sp³-hybridized carbons (Fsp3) is 0.381. The minimum absolute atomic E-state index is 0.0318. The highest BCUT2D eigenvalue weighted by Gasteiger charge is 2.28. The van der Waals surface area contributed by atoms with Crippen LogP contribution in [-0.2, 0) is 17.9 Å². The predicted octanol–water partition coefficient (Wildman–Crippen LogP) is 3.21. The maximum atomic E-state index is 11.2. The summed E-state index contributed by atoms with van der Waals surface area (Å²) in [6.45, 7) is 5.52. The Morgan fingerprint density at radius 2 is 2.14 bits per heavy atom. The zero-order valence-electron chi connectivity index (χ0n) is 15.9. The van der Waals surface area contributed by atoms with Gasteiger partial charge in [-0.3, -0.25) is 9.69 Å². The molecule has 1 unspecified atom stereocenters. The molecule has 1 fully saturated rings. The van der Waals surface area contributed by atoms with Crippen LogP contribution in [0.15, 0.2) is 42.6 Å². The second kappa shape index (κ2) is 8.29. The smallest absolute Gasteiger partial charge is 0.216 e. The van der Waals surface area contributed by atoms with Gasteiger partial charge in [-0.05, 0) is 36.7 Å². The van der Waals surface area contributed by atoms with Crippen LogP contribution in [0.2, 0.25) is 5.02 Å². The summed E-state index contributed by atoms with van der Waals surface area (Å²) in [5.74, 6) is 0.340. The van der Waals surface area contributed by atoms with Crippen molar-refractivity contribution in [1.29, 1.82) is 0 Å². The molecule has 0 aliphatic carbocycles. The van der Waals surface area contributed by atoms with Crippen LogP contribution in [0.4, 0.5) is 0 Å². The molecule has 6 nitrogen and oxygen atoms in total. The maximum Gasteiger partial charge on any atom is 0.216 e. The van der Waals surface area contributed by atoms with Crippen LogP contribution in [0, 0.1) is 0 Å². The van der Waals surface area contributed by atoms with E-state index in [9.17, 15) is 4.79 Å². The summed E-state index contributed by atoms with van der Waals surface area (Å²) in [4.78, 5) is 18.1. The fourth-order valence-electron chi connectivity index (χ4n) is 3.90. The number of fused-ring (bicyclic) bond motifs is 1. The lowest BCUT2D eigenvalue weighted by atomic mass is 10.0. The van der Waals surface area contributed by atoms with Gasteiger partial charge in [-0.15, -0.1) is 0 Å². The van der Waals surface area contributed by atoms with Crippen molar-refractivity contribution in [1.82, 2.24) is 25.0 Å². The highest BCUT2D eigenvalue weighted by atomic mass is 35.5. The van der Waals surface area contributed by atoms with Crippen molar-refractivity contribution in [2.45, 2.75) is 32.4 Å². The molecular weight excluding hydrogens is 374 g/mol. The SMILES string of the molecule is CC(=O)NCCn1nc(C2CCN(Cc3ccccc3Cl)C2)c2cccnc21. The normalized spacial score (nSPS) is 17.3. The maximum absolute atomic E-state index is 11.2. The van der Waals surface area contributed by atoms with Crippen molar-refractivity contribution in [3.8, 4) is 0 Å². The van der Waals surface area contributed by atoms with Crippen LogP contribution in [0.5, 0.6) is 0 Å². The summed E-state index contributed by atoms with van der Waals surface area (Å²) >= 11 is 6.33. The van der Waals surface area contributed by atoms with Crippen LogP contribution in [0.25, 0.3) is 11.0 Å². The number of hydrogen-bond acceptors (Lipinski definition) is 4. The predicted molar refractivity (Wildman–Crippen MR) is 110 cm³/mol. The fourth-order valence-corrected chi connectivity index (χ4v) is 4.09. The van der Waals surface area contributed by atoms with Gasteiger partial charge in [0.05, 0.1) is 12.2 Å². The Balaban J connectivity index is 1.51. The third kappa shape index (κ3) is 4.03. The number of halogens is 1. The molecule has 3 heterocycles. The van der Waals surface area contributed by atoms with Crippen molar-refractivity contribution in [2.75, 3.05) is 19.6 Å². The highest BCUT2D eigenvalue weighted by Crippen LogP contribution is 2.32. The van der Waals surface area contributed by atoms with Gasteiger partial charge in [-0.2, -0.15) is 5.10 Å². The molecule has 0 spiro atoms. The summed E-state index contributed by atoms with van der Waals surface area (Å²) in [6.07, 6.45) is 2.86. The van der Waals surface area contributed by atoms with Gasteiger partial charge in [0.2, 0.25) is 5.91 Å². The van der Waals surface area contributed by atoms with E-state index in [1.807, 2.05) is 28.9 Å². The molecule has 146 valence electrons. The Morgan fingerprint density at radius 3 is 2.96 bits per heavy atom. The highest BCUT2D eigenvalue weighted by molar-refractivity contribution is 6.31. The van der Waals surface area contributed by atoms with Crippen molar-refractivity contribution < 1.29 is 4.79 Å². The number of hydrogen-bond donors (Lipinski definition) is 1. The molecule has 28 heavy (non-hydrogen) atoms. The molecule has 1 aliphatic rings. The van der Waals surface area contributed by atoms with E-state index in [0.717, 1.165) is 53.4 Å². The lowest BCUT2D eigenvalue weighted by Gasteiger charge is -2.16. The van der Waals surface area contributed by atoms with E-state index in [4.69, 9.17) is 16.7 Å². The van der Waals surface area contributed by atoms with Crippen LogP contribution >= 0.6 is 11.6 Å². The number of likely N-dealkylation sites (tertiary alicyclic amines) is 1. The molecule has 4 rings (SSSR count). The summed E-state index contributed by atoms with van der Waals surface area (Å²) < 4.78 is 1.91. The van der Waals surface area contributed by atoms with E-state index in [-0.39, 0.29) is 5.91 Å². The van der Waals surface area contributed by atoms with Crippen LogP contribution < -0.4 is 5.32 Å². The Morgan fingerprint density at radius 1 is 1.29 bits per heavy atom. The van der Waals surface area contributed by atoms with E-state index in [2.05, 4.69) is 27.3 Å². The second-order valence-corrected chi connectivity index (χ2v) is 7.69. The van der Waals surface area contributed by atoms with E-state index in [1.165, 1.54) is 6.92 Å². The molecule has 0 radical (unpaired) electrons. The molecule has 0 saturated carbocycles. The third-order valence-electron chi connectivity index (χ3n) is 5.24. The topological polar surface area (TPSA) is 63.1 Å². The third-order valence-corrected chi connectivity index (χ3v) is 5.61. The van der Waals surface area contributed by atoms with Gasteiger partial charge in [0.15, 0.2) is 5.65 Å². The Bertz CT molecular complexity index is 986. The van der Waals surface area contributed by atoms with E-state index >= 15 is 0 Å². The molecule has 1 atom stereocenters. The number of pyridine rings is 1. The largest absolute Gasteiger partial charge is 0.354 e. The Kier molecular flexibility index (Phi) is 5.59. The van der Waals surface area contributed by atoms with Crippen molar-refractivity contribution in [3.63, 3.8) is 0 Å². The second-order valence-electron chi connectivity index (χ2n) is 7.28.